The van der Waals surface area contributed by atoms with Crippen molar-refractivity contribution in [3.8, 4) is 5.75 Å². The van der Waals surface area contributed by atoms with Crippen LogP contribution in [0.5, 0.6) is 5.75 Å². The maximum atomic E-state index is 11.5. The summed E-state index contributed by atoms with van der Waals surface area (Å²) in [5.41, 5.74) is 6.13. The van der Waals surface area contributed by atoms with Gasteiger partial charge < -0.3 is 10.2 Å². The average Bonchev–Trinajstić information content (AvgIpc) is 2.99. The normalized spacial score (nSPS) is 11.5. The van der Waals surface area contributed by atoms with Crippen molar-refractivity contribution in [2.75, 3.05) is 6.61 Å². The SMILES string of the molecule is CC(C)(c1ccccc1)c1ccc(O)c(C(C)(C)c2ccccc2)c1C(C)(C)c1ccccc1.CCCO.[O]=[Zr]. The van der Waals surface area contributed by atoms with Gasteiger partial charge >= 0.3 is 27.5 Å². The van der Waals surface area contributed by atoms with Crippen LogP contribution in [0.1, 0.15) is 88.3 Å². The molecule has 0 aliphatic heterocycles. The Balaban J connectivity index is 0.000000858. The van der Waals surface area contributed by atoms with Gasteiger partial charge in [0.2, 0.25) is 0 Å². The van der Waals surface area contributed by atoms with E-state index in [1.165, 1.54) is 27.8 Å². The number of aliphatic hydroxyl groups is 1. The molecule has 0 fully saturated rings. The summed E-state index contributed by atoms with van der Waals surface area (Å²) in [6.45, 7) is 15.8. The third-order valence-corrected chi connectivity index (χ3v) is 7.82. The number of aromatic hydroxyl groups is 1. The molecule has 40 heavy (non-hydrogen) atoms. The number of hydrogen-bond donors (Lipinski definition) is 2. The minimum atomic E-state index is -0.393. The van der Waals surface area contributed by atoms with Crippen molar-refractivity contribution in [2.45, 2.75) is 71.1 Å². The van der Waals surface area contributed by atoms with Crippen molar-refractivity contribution in [3.05, 3.63) is 137 Å². The first-order valence-electron chi connectivity index (χ1n) is 13.8. The zero-order valence-corrected chi connectivity index (χ0v) is 27.5. The number of rotatable bonds is 7. The van der Waals surface area contributed by atoms with E-state index in [9.17, 15) is 5.11 Å². The zero-order chi connectivity index (χ0) is 30.0. The third-order valence-electron chi connectivity index (χ3n) is 7.82. The molecule has 4 aromatic carbocycles. The Morgan fingerprint density at radius 2 is 0.875 bits per heavy atom. The zero-order valence-electron chi connectivity index (χ0n) is 25.0. The number of aliphatic hydroxyl groups excluding tert-OH is 1. The second kappa shape index (κ2) is 14.8. The van der Waals surface area contributed by atoms with Crippen LogP contribution >= 0.6 is 0 Å². The minimum absolute atomic E-state index is 0.252. The molecule has 4 heteroatoms. The van der Waals surface area contributed by atoms with E-state index in [4.69, 9.17) is 7.92 Å². The second-order valence-electron chi connectivity index (χ2n) is 11.6. The first-order chi connectivity index (χ1) is 19.0. The predicted octanol–water partition coefficient (Wildman–Crippen LogP) is 8.64. The van der Waals surface area contributed by atoms with E-state index >= 15 is 0 Å². The summed E-state index contributed by atoms with van der Waals surface area (Å²) in [5.74, 6) is 0.348. The molecule has 0 atom stereocenters. The Morgan fingerprint density at radius 3 is 1.23 bits per heavy atom. The molecule has 0 unspecified atom stereocenters. The Kier molecular flexibility index (Phi) is 12.4. The number of hydrogen-bond acceptors (Lipinski definition) is 3. The molecular weight excluding hydrogens is 572 g/mol. The molecule has 3 nitrogen and oxygen atoms in total. The number of benzene rings is 4. The molecule has 0 aromatic heterocycles. The van der Waals surface area contributed by atoms with Crippen molar-refractivity contribution in [1.82, 2.24) is 0 Å². The van der Waals surface area contributed by atoms with E-state index in [2.05, 4.69) is 133 Å². The third kappa shape index (κ3) is 7.33. The van der Waals surface area contributed by atoms with Crippen LogP contribution in [0.2, 0.25) is 0 Å². The van der Waals surface area contributed by atoms with E-state index in [0.29, 0.717) is 37.1 Å². The Bertz CT molecular complexity index is 1310. The number of phenolic OH excluding ortho intramolecular Hbond substituents is 1. The van der Waals surface area contributed by atoms with Crippen LogP contribution in [0.4, 0.5) is 0 Å². The van der Waals surface area contributed by atoms with Crippen molar-refractivity contribution in [2.24, 2.45) is 0 Å². The molecule has 0 saturated carbocycles. The fourth-order valence-electron chi connectivity index (χ4n) is 5.40. The average molecular weight is 616 g/mol. The van der Waals surface area contributed by atoms with Crippen molar-refractivity contribution < 1.29 is 37.7 Å². The molecule has 0 amide bonds. The van der Waals surface area contributed by atoms with Crippen molar-refractivity contribution in [3.63, 3.8) is 0 Å². The summed E-state index contributed by atoms with van der Waals surface area (Å²) in [6.07, 6.45) is 0.875. The quantitative estimate of drug-likeness (QED) is 0.219. The molecule has 210 valence electrons. The predicted molar refractivity (Wildman–Crippen MR) is 162 cm³/mol. The van der Waals surface area contributed by atoms with Crippen LogP contribution in [-0.4, -0.2) is 16.8 Å². The maximum absolute atomic E-state index is 11.5. The molecule has 0 aliphatic carbocycles. The van der Waals surface area contributed by atoms with Crippen LogP contribution in [0.25, 0.3) is 0 Å². The molecule has 0 spiro atoms. The molecule has 4 rings (SSSR count). The van der Waals surface area contributed by atoms with Crippen molar-refractivity contribution >= 4 is 0 Å². The topological polar surface area (TPSA) is 57.5 Å². The van der Waals surface area contributed by atoms with Gasteiger partial charge in [-0.1, -0.05) is 146 Å². The summed E-state index contributed by atoms with van der Waals surface area (Å²) in [4.78, 5) is 0. The molecule has 0 bridgehead atoms. The van der Waals surface area contributed by atoms with Gasteiger partial charge in [-0.15, -0.1) is 0 Å². The van der Waals surface area contributed by atoms with Gasteiger partial charge in [0.25, 0.3) is 0 Å². The van der Waals surface area contributed by atoms with Gasteiger partial charge in [-0.05, 0) is 40.3 Å². The van der Waals surface area contributed by atoms with Gasteiger partial charge in [-0.25, -0.2) is 0 Å². The molecule has 0 aliphatic rings. The molecule has 2 N–H and O–H groups in total. The molecule has 0 radical (unpaired) electrons. The standard InChI is InChI=1S/C33H36O.C3H8O.O.Zr/c1-31(2,24-16-10-7-11-17-24)27-22-23-28(34)30(33(5,6)26-20-14-9-15-21-26)29(27)32(3,4)25-18-12-8-13-19-25;1-2-3-4;;/h7-23,34H,1-6H3;4H,2-3H2,1H3;;. The summed E-state index contributed by atoms with van der Waals surface area (Å²) in [7, 11) is 0. The first kappa shape index (κ1) is 33.5. The Labute approximate surface area is 256 Å². The van der Waals surface area contributed by atoms with Crippen LogP contribution in [0.3, 0.4) is 0 Å². The van der Waals surface area contributed by atoms with E-state index in [1.807, 2.05) is 19.1 Å². The van der Waals surface area contributed by atoms with Gasteiger partial charge in [-0.2, -0.15) is 0 Å². The summed E-state index contributed by atoms with van der Waals surface area (Å²) < 4.78 is 8.34. The molecule has 0 saturated heterocycles. The monoisotopic (exact) mass is 614 g/mol. The van der Waals surface area contributed by atoms with Gasteiger partial charge in [0.15, 0.2) is 0 Å². The Morgan fingerprint density at radius 1 is 0.550 bits per heavy atom. The van der Waals surface area contributed by atoms with E-state index in [-0.39, 0.29) is 10.8 Å². The van der Waals surface area contributed by atoms with Gasteiger partial charge in [0.05, 0.1) is 0 Å². The van der Waals surface area contributed by atoms with Crippen LogP contribution in [-0.2, 0) is 43.8 Å². The number of phenols is 1. The molecule has 0 heterocycles. The van der Waals surface area contributed by atoms with Gasteiger partial charge in [-0.3, -0.25) is 0 Å². The van der Waals surface area contributed by atoms with Gasteiger partial charge in [0, 0.05) is 28.4 Å². The Hall–Kier alpha value is -2.68. The molecular formula is C36H44O3Zr. The van der Waals surface area contributed by atoms with E-state index in [1.54, 1.807) is 0 Å². The summed E-state index contributed by atoms with van der Waals surface area (Å²) in [6, 6.07) is 35.9. The van der Waals surface area contributed by atoms with Crippen LogP contribution in [0.15, 0.2) is 103 Å². The van der Waals surface area contributed by atoms with E-state index < -0.39 is 5.41 Å². The van der Waals surface area contributed by atoms with Crippen LogP contribution < -0.4 is 0 Å². The molecule has 4 aromatic rings. The van der Waals surface area contributed by atoms with Crippen LogP contribution in [0, 0.1) is 0 Å². The van der Waals surface area contributed by atoms with Crippen molar-refractivity contribution in [1.29, 1.82) is 0 Å². The van der Waals surface area contributed by atoms with E-state index in [0.717, 1.165) is 12.0 Å². The fourth-order valence-corrected chi connectivity index (χ4v) is 5.40. The first-order valence-corrected chi connectivity index (χ1v) is 14.8. The summed E-state index contributed by atoms with van der Waals surface area (Å²) in [5, 5.41) is 19.3. The van der Waals surface area contributed by atoms with Gasteiger partial charge in [0.1, 0.15) is 5.75 Å². The summed E-state index contributed by atoms with van der Waals surface area (Å²) >= 11 is 0.300. The fraction of sp³-hybridized carbons (Fsp3) is 0.333. The second-order valence-corrected chi connectivity index (χ2v) is 11.6.